The van der Waals surface area contributed by atoms with Crippen LogP contribution in [0.4, 0.5) is 5.69 Å². The second-order valence-electron chi connectivity index (χ2n) is 4.46. The predicted octanol–water partition coefficient (Wildman–Crippen LogP) is 4.88. The molecule has 0 saturated carbocycles. The third-order valence-corrected chi connectivity index (χ3v) is 5.12. The molecule has 1 aliphatic rings. The first kappa shape index (κ1) is 14.0. The van der Waals surface area contributed by atoms with Crippen LogP contribution in [-0.4, -0.2) is 11.7 Å². The number of hydrogen-bond donors (Lipinski definition) is 0. The second-order valence-corrected chi connectivity index (χ2v) is 6.88. The maximum Gasteiger partial charge on any atom is 0.238 e. The lowest BCUT2D eigenvalue weighted by Crippen LogP contribution is -2.27. The van der Waals surface area contributed by atoms with Gasteiger partial charge in [0, 0.05) is 15.2 Å². The molecule has 0 aromatic heterocycles. The normalized spacial score (nSPS) is 18.6. The number of hydrogen-bond acceptors (Lipinski definition) is 2. The number of halogens is 2. The molecule has 2 nitrogen and oxygen atoms in total. The Morgan fingerprint density at radius 3 is 2.40 bits per heavy atom. The van der Waals surface area contributed by atoms with Crippen LogP contribution in [0.15, 0.2) is 53.0 Å². The van der Waals surface area contributed by atoms with Crippen LogP contribution >= 0.6 is 39.3 Å². The van der Waals surface area contributed by atoms with Crippen molar-refractivity contribution >= 4 is 50.9 Å². The number of rotatable bonds is 2. The smallest absolute Gasteiger partial charge is 0.238 e. The van der Waals surface area contributed by atoms with Gasteiger partial charge in [-0.15, -0.1) is 11.8 Å². The van der Waals surface area contributed by atoms with Gasteiger partial charge in [0.25, 0.3) is 0 Å². The van der Waals surface area contributed by atoms with Gasteiger partial charge in [-0.25, -0.2) is 0 Å². The van der Waals surface area contributed by atoms with Crippen LogP contribution in [0.1, 0.15) is 10.9 Å². The molecule has 3 rings (SSSR count). The van der Waals surface area contributed by atoms with Crippen molar-refractivity contribution < 1.29 is 4.79 Å². The molecule has 1 atom stereocenters. The van der Waals surface area contributed by atoms with Crippen molar-refractivity contribution in [3.8, 4) is 0 Å². The van der Waals surface area contributed by atoms with Gasteiger partial charge in [0.15, 0.2) is 0 Å². The highest BCUT2D eigenvalue weighted by Crippen LogP contribution is 2.42. The van der Waals surface area contributed by atoms with E-state index in [2.05, 4.69) is 15.9 Å². The number of thioether (sulfide) groups is 1. The standard InChI is InChI=1S/C15H11BrClNOS/c16-11-3-1-10(2-4-11)15-18(14(19)9-20-15)13-7-5-12(17)6-8-13/h1-8,15H,9H2/t15-/m1/s1. The van der Waals surface area contributed by atoms with Gasteiger partial charge in [0.2, 0.25) is 5.91 Å². The van der Waals surface area contributed by atoms with E-state index in [-0.39, 0.29) is 11.3 Å². The van der Waals surface area contributed by atoms with E-state index in [0.29, 0.717) is 10.8 Å². The molecule has 1 amide bonds. The van der Waals surface area contributed by atoms with E-state index in [0.717, 1.165) is 15.7 Å². The van der Waals surface area contributed by atoms with Gasteiger partial charge < -0.3 is 0 Å². The molecule has 5 heteroatoms. The van der Waals surface area contributed by atoms with Crippen LogP contribution in [0.3, 0.4) is 0 Å². The minimum atomic E-state index is 0.0248. The molecule has 1 aliphatic heterocycles. The van der Waals surface area contributed by atoms with Gasteiger partial charge in [-0.1, -0.05) is 39.7 Å². The minimum absolute atomic E-state index is 0.0248. The lowest BCUT2D eigenvalue weighted by atomic mass is 10.2. The Bertz CT molecular complexity index is 629. The van der Waals surface area contributed by atoms with Gasteiger partial charge in [-0.2, -0.15) is 0 Å². The maximum absolute atomic E-state index is 12.2. The van der Waals surface area contributed by atoms with E-state index in [4.69, 9.17) is 11.6 Å². The topological polar surface area (TPSA) is 20.3 Å². The number of benzene rings is 2. The Morgan fingerprint density at radius 1 is 1.10 bits per heavy atom. The molecule has 102 valence electrons. The number of anilines is 1. The van der Waals surface area contributed by atoms with Crippen molar-refractivity contribution in [1.29, 1.82) is 0 Å². The lowest BCUT2D eigenvalue weighted by Gasteiger charge is -2.24. The average Bonchev–Trinajstić information content (AvgIpc) is 2.83. The maximum atomic E-state index is 12.2. The summed E-state index contributed by atoms with van der Waals surface area (Å²) in [6, 6.07) is 15.5. The molecule has 0 aliphatic carbocycles. The Morgan fingerprint density at radius 2 is 1.75 bits per heavy atom. The molecule has 0 N–H and O–H groups in total. The first-order valence-corrected chi connectivity index (χ1v) is 8.32. The fourth-order valence-corrected chi connectivity index (χ4v) is 3.75. The van der Waals surface area contributed by atoms with Crippen molar-refractivity contribution in [3.05, 3.63) is 63.6 Å². The molecule has 1 fully saturated rings. The summed E-state index contributed by atoms with van der Waals surface area (Å²) in [5, 5.41) is 0.699. The molecule has 2 aromatic carbocycles. The van der Waals surface area contributed by atoms with E-state index < -0.39 is 0 Å². The zero-order valence-electron chi connectivity index (χ0n) is 10.4. The van der Waals surface area contributed by atoms with Crippen LogP contribution in [0.25, 0.3) is 0 Å². The third kappa shape index (κ3) is 2.73. The summed E-state index contributed by atoms with van der Waals surface area (Å²) < 4.78 is 1.04. The summed E-state index contributed by atoms with van der Waals surface area (Å²) >= 11 is 11.0. The minimum Gasteiger partial charge on any atom is -0.295 e. The molecule has 2 aromatic rings. The van der Waals surface area contributed by atoms with Gasteiger partial charge >= 0.3 is 0 Å². The van der Waals surface area contributed by atoms with Crippen LogP contribution in [-0.2, 0) is 4.79 Å². The van der Waals surface area contributed by atoms with Crippen molar-refractivity contribution in [3.63, 3.8) is 0 Å². The van der Waals surface area contributed by atoms with E-state index in [9.17, 15) is 4.79 Å². The van der Waals surface area contributed by atoms with E-state index in [1.165, 1.54) is 0 Å². The predicted molar refractivity (Wildman–Crippen MR) is 88.3 cm³/mol. The quantitative estimate of drug-likeness (QED) is 0.753. The van der Waals surface area contributed by atoms with Crippen LogP contribution in [0.5, 0.6) is 0 Å². The monoisotopic (exact) mass is 367 g/mol. The molecule has 0 spiro atoms. The second kappa shape index (κ2) is 5.80. The van der Waals surface area contributed by atoms with Crippen LogP contribution in [0, 0.1) is 0 Å². The fourth-order valence-electron chi connectivity index (χ4n) is 2.18. The molecule has 1 heterocycles. The fraction of sp³-hybridized carbons (Fsp3) is 0.133. The summed E-state index contributed by atoms with van der Waals surface area (Å²) in [6.45, 7) is 0. The Labute approximate surface area is 135 Å². The zero-order valence-corrected chi connectivity index (χ0v) is 13.6. The highest BCUT2D eigenvalue weighted by molar-refractivity contribution is 9.10. The number of carbonyl (C=O) groups excluding carboxylic acids is 1. The van der Waals surface area contributed by atoms with Crippen LogP contribution < -0.4 is 4.90 Å². The van der Waals surface area contributed by atoms with Crippen molar-refractivity contribution in [1.82, 2.24) is 0 Å². The number of carbonyl (C=O) groups is 1. The third-order valence-electron chi connectivity index (χ3n) is 3.13. The Balaban J connectivity index is 1.96. The van der Waals surface area contributed by atoms with E-state index in [1.807, 2.05) is 53.4 Å². The first-order chi connectivity index (χ1) is 9.65. The summed E-state index contributed by atoms with van der Waals surface area (Å²) in [4.78, 5) is 14.0. The summed E-state index contributed by atoms with van der Waals surface area (Å²) in [7, 11) is 0. The Kier molecular flexibility index (Phi) is 4.06. The van der Waals surface area contributed by atoms with E-state index >= 15 is 0 Å². The summed E-state index contributed by atoms with van der Waals surface area (Å²) in [6.07, 6.45) is 0. The number of amides is 1. The molecule has 0 radical (unpaired) electrons. The van der Waals surface area contributed by atoms with Gasteiger partial charge in [-0.05, 0) is 42.0 Å². The Hall–Kier alpha value is -0.970. The van der Waals surface area contributed by atoms with Crippen molar-refractivity contribution in [2.24, 2.45) is 0 Å². The first-order valence-electron chi connectivity index (χ1n) is 6.10. The van der Waals surface area contributed by atoms with E-state index in [1.54, 1.807) is 11.8 Å². The average molecular weight is 369 g/mol. The highest BCUT2D eigenvalue weighted by atomic mass is 79.9. The van der Waals surface area contributed by atoms with Gasteiger partial charge in [0.1, 0.15) is 5.37 Å². The SMILES string of the molecule is O=C1CS[C@H](c2ccc(Br)cc2)N1c1ccc(Cl)cc1. The van der Waals surface area contributed by atoms with Crippen LogP contribution in [0.2, 0.25) is 5.02 Å². The summed E-state index contributed by atoms with van der Waals surface area (Å²) in [5.41, 5.74) is 2.01. The zero-order chi connectivity index (χ0) is 14.1. The lowest BCUT2D eigenvalue weighted by molar-refractivity contribution is -0.115. The molecule has 20 heavy (non-hydrogen) atoms. The molecular weight excluding hydrogens is 358 g/mol. The molecule has 0 bridgehead atoms. The highest BCUT2D eigenvalue weighted by Gasteiger charge is 2.33. The van der Waals surface area contributed by atoms with Crippen molar-refractivity contribution in [2.75, 3.05) is 10.7 Å². The van der Waals surface area contributed by atoms with Gasteiger partial charge in [-0.3, -0.25) is 9.69 Å². The molecular formula is C15H11BrClNOS. The summed E-state index contributed by atoms with van der Waals surface area (Å²) in [5.74, 6) is 0.633. The molecule has 1 saturated heterocycles. The largest absolute Gasteiger partial charge is 0.295 e. The number of nitrogens with zero attached hydrogens (tertiary/aromatic N) is 1. The van der Waals surface area contributed by atoms with Gasteiger partial charge in [0.05, 0.1) is 5.75 Å². The molecule has 0 unspecified atom stereocenters. The van der Waals surface area contributed by atoms with Crippen molar-refractivity contribution in [2.45, 2.75) is 5.37 Å².